The summed E-state index contributed by atoms with van der Waals surface area (Å²) in [6, 6.07) is 0. The fourth-order valence-electron chi connectivity index (χ4n) is 2.40. The molecule has 29 heavy (non-hydrogen) atoms. The highest BCUT2D eigenvalue weighted by atomic mass is 16.6. The molecule has 160 valence electrons. The van der Waals surface area contributed by atoms with Crippen molar-refractivity contribution in [2.24, 2.45) is 5.73 Å². The molecule has 0 aromatic carbocycles. The van der Waals surface area contributed by atoms with Gasteiger partial charge in [-0.2, -0.15) is 9.59 Å². The summed E-state index contributed by atoms with van der Waals surface area (Å²) in [6.07, 6.45) is 4.32. The zero-order valence-electron chi connectivity index (χ0n) is 17.3. The second-order valence-electron chi connectivity index (χ2n) is 8.25. The van der Waals surface area contributed by atoms with Crippen LogP contribution in [-0.2, 0) is 17.8 Å². The van der Waals surface area contributed by atoms with E-state index in [1.54, 1.807) is 4.80 Å². The molecule has 0 unspecified atom stereocenters. The van der Waals surface area contributed by atoms with Gasteiger partial charge in [0.15, 0.2) is 11.6 Å². The molecule has 2 heterocycles. The summed E-state index contributed by atoms with van der Waals surface area (Å²) in [6.45, 7) is 7.64. The fraction of sp³-hybridized carbons (Fsp3) is 0.824. The maximum atomic E-state index is 11.4. The number of hydrogen-bond donors (Lipinski definition) is 2. The van der Waals surface area contributed by atoms with Gasteiger partial charge < -0.3 is 15.8 Å². The van der Waals surface area contributed by atoms with E-state index < -0.39 is 11.7 Å². The zero-order valence-corrected chi connectivity index (χ0v) is 17.3. The molecule has 12 heteroatoms. The molecule has 4 rings (SSSR count). The van der Waals surface area contributed by atoms with Crippen LogP contribution in [0.3, 0.4) is 0 Å². The van der Waals surface area contributed by atoms with Gasteiger partial charge in [-0.25, -0.2) is 4.79 Å². The number of carbonyl (C=O) groups is 1. The number of amides is 1. The first-order valence-corrected chi connectivity index (χ1v) is 10.1. The van der Waals surface area contributed by atoms with Gasteiger partial charge in [-0.3, -0.25) is 0 Å². The molecule has 2 fully saturated rings. The van der Waals surface area contributed by atoms with Crippen LogP contribution in [0.15, 0.2) is 0 Å². The summed E-state index contributed by atoms with van der Waals surface area (Å²) in [7, 11) is 0. The SMILES string of the molecule is CC(C)(C)OC(=O)NCCn1nnc(C2CC2)n1.NCCn1nnc(C2CC2)n1. The molecule has 0 bridgehead atoms. The van der Waals surface area contributed by atoms with E-state index in [0.29, 0.717) is 38.0 Å². The van der Waals surface area contributed by atoms with Gasteiger partial charge >= 0.3 is 6.09 Å². The van der Waals surface area contributed by atoms with Crippen LogP contribution in [0.4, 0.5) is 4.79 Å². The number of aromatic nitrogens is 8. The van der Waals surface area contributed by atoms with Gasteiger partial charge in [0.05, 0.1) is 13.1 Å². The lowest BCUT2D eigenvalue weighted by molar-refractivity contribution is 0.0525. The van der Waals surface area contributed by atoms with E-state index in [0.717, 1.165) is 24.5 Å². The fourth-order valence-corrected chi connectivity index (χ4v) is 2.40. The summed E-state index contributed by atoms with van der Waals surface area (Å²) in [5.41, 5.74) is 4.86. The monoisotopic (exact) mass is 406 g/mol. The Kier molecular flexibility index (Phi) is 6.72. The van der Waals surface area contributed by atoms with Crippen LogP contribution in [-0.4, -0.2) is 65.2 Å². The highest BCUT2D eigenvalue weighted by Crippen LogP contribution is 2.37. The smallest absolute Gasteiger partial charge is 0.407 e. The summed E-state index contributed by atoms with van der Waals surface area (Å²) in [4.78, 5) is 14.4. The number of nitrogens with two attached hydrogens (primary N) is 1. The van der Waals surface area contributed by atoms with Crippen LogP contribution < -0.4 is 11.1 Å². The number of rotatable bonds is 7. The van der Waals surface area contributed by atoms with Gasteiger partial charge in [0.25, 0.3) is 0 Å². The van der Waals surface area contributed by atoms with Crippen molar-refractivity contribution in [2.45, 2.75) is 77.0 Å². The second kappa shape index (κ2) is 9.25. The van der Waals surface area contributed by atoms with Crippen LogP contribution in [0.2, 0.25) is 0 Å². The molecule has 2 aromatic rings. The molecule has 0 radical (unpaired) electrons. The van der Waals surface area contributed by atoms with Crippen molar-refractivity contribution < 1.29 is 9.53 Å². The quantitative estimate of drug-likeness (QED) is 0.672. The average molecular weight is 406 g/mol. The lowest BCUT2D eigenvalue weighted by atomic mass is 10.2. The van der Waals surface area contributed by atoms with E-state index in [-0.39, 0.29) is 0 Å². The molecule has 3 N–H and O–H groups in total. The third kappa shape index (κ3) is 7.37. The minimum absolute atomic E-state index is 0.426. The van der Waals surface area contributed by atoms with Crippen LogP contribution >= 0.6 is 0 Å². The lowest BCUT2D eigenvalue weighted by Crippen LogP contribution is -2.34. The topological polar surface area (TPSA) is 152 Å². The number of ether oxygens (including phenoxy) is 1. The van der Waals surface area contributed by atoms with E-state index in [1.807, 2.05) is 20.8 Å². The second-order valence-corrected chi connectivity index (χ2v) is 8.25. The first-order valence-electron chi connectivity index (χ1n) is 10.1. The number of tetrazole rings is 2. The molecule has 0 spiro atoms. The molecule has 0 atom stereocenters. The van der Waals surface area contributed by atoms with Crippen molar-refractivity contribution in [3.63, 3.8) is 0 Å². The number of nitrogens with zero attached hydrogens (tertiary/aromatic N) is 8. The third-order valence-electron chi connectivity index (χ3n) is 4.13. The number of carbonyl (C=O) groups excluding carboxylic acids is 1. The summed E-state index contributed by atoms with van der Waals surface area (Å²) >= 11 is 0. The lowest BCUT2D eigenvalue weighted by Gasteiger charge is -2.19. The summed E-state index contributed by atoms with van der Waals surface area (Å²) in [5, 5.41) is 26.8. The van der Waals surface area contributed by atoms with Gasteiger partial charge in [-0.1, -0.05) is 0 Å². The van der Waals surface area contributed by atoms with Crippen molar-refractivity contribution in [2.75, 3.05) is 13.1 Å². The van der Waals surface area contributed by atoms with Gasteiger partial charge in [-0.15, -0.1) is 20.4 Å². The normalized spacial score (nSPS) is 16.1. The molecular formula is C17H30N10O2. The highest BCUT2D eigenvalue weighted by Gasteiger charge is 2.28. The Labute approximate surface area is 169 Å². The van der Waals surface area contributed by atoms with Crippen molar-refractivity contribution >= 4 is 6.09 Å². The Morgan fingerprint density at radius 2 is 1.55 bits per heavy atom. The largest absolute Gasteiger partial charge is 0.444 e. The van der Waals surface area contributed by atoms with E-state index in [2.05, 4.69) is 36.1 Å². The summed E-state index contributed by atoms with van der Waals surface area (Å²) in [5.74, 6) is 2.78. The minimum atomic E-state index is -0.477. The molecule has 0 saturated heterocycles. The molecule has 2 aliphatic carbocycles. The number of alkyl carbamates (subject to hydrolysis) is 1. The van der Waals surface area contributed by atoms with E-state index in [1.165, 1.54) is 17.6 Å². The third-order valence-corrected chi connectivity index (χ3v) is 4.13. The standard InChI is InChI=1S/C11H19N5O2.C6H11N5/c1-11(2,3)18-10(17)12-6-7-16-14-9(13-15-16)8-4-5-8;7-3-4-11-9-6(8-10-11)5-1-2-5/h8H,4-7H2,1-3H3,(H,12,17);5H,1-4,7H2. The molecule has 0 aliphatic heterocycles. The molecule has 1 amide bonds. The van der Waals surface area contributed by atoms with Crippen molar-refractivity contribution in [1.82, 2.24) is 45.7 Å². The Hall–Kier alpha value is -2.63. The van der Waals surface area contributed by atoms with Crippen molar-refractivity contribution in [3.8, 4) is 0 Å². The van der Waals surface area contributed by atoms with Crippen LogP contribution in [0.5, 0.6) is 0 Å². The van der Waals surface area contributed by atoms with Gasteiger partial charge in [0.2, 0.25) is 0 Å². The highest BCUT2D eigenvalue weighted by molar-refractivity contribution is 5.67. The molecule has 12 nitrogen and oxygen atoms in total. The predicted molar refractivity (Wildman–Crippen MR) is 103 cm³/mol. The molecule has 2 saturated carbocycles. The molecule has 2 aliphatic rings. The Bertz CT molecular complexity index is 788. The Morgan fingerprint density at radius 1 is 1.03 bits per heavy atom. The van der Waals surface area contributed by atoms with Crippen molar-refractivity contribution in [3.05, 3.63) is 11.6 Å². The molecular weight excluding hydrogens is 376 g/mol. The Morgan fingerprint density at radius 3 is 2.00 bits per heavy atom. The Balaban J connectivity index is 0.000000186. The van der Waals surface area contributed by atoms with Gasteiger partial charge in [0, 0.05) is 24.9 Å². The van der Waals surface area contributed by atoms with Crippen LogP contribution in [0.25, 0.3) is 0 Å². The molecule has 2 aromatic heterocycles. The van der Waals surface area contributed by atoms with Crippen LogP contribution in [0.1, 0.15) is 69.9 Å². The van der Waals surface area contributed by atoms with E-state index in [4.69, 9.17) is 10.5 Å². The summed E-state index contributed by atoms with van der Waals surface area (Å²) < 4.78 is 5.11. The van der Waals surface area contributed by atoms with Crippen molar-refractivity contribution in [1.29, 1.82) is 0 Å². The van der Waals surface area contributed by atoms with Gasteiger partial charge in [0.1, 0.15) is 5.60 Å². The van der Waals surface area contributed by atoms with Crippen LogP contribution in [0, 0.1) is 0 Å². The van der Waals surface area contributed by atoms with E-state index >= 15 is 0 Å². The first kappa shape index (κ1) is 21.1. The maximum absolute atomic E-state index is 11.4. The number of hydrogen-bond acceptors (Lipinski definition) is 9. The minimum Gasteiger partial charge on any atom is -0.444 e. The van der Waals surface area contributed by atoms with Gasteiger partial charge in [-0.05, 0) is 56.9 Å². The maximum Gasteiger partial charge on any atom is 0.407 e. The predicted octanol–water partition coefficient (Wildman–Crippen LogP) is 0.584. The van der Waals surface area contributed by atoms with E-state index in [9.17, 15) is 4.79 Å². The average Bonchev–Trinajstić information content (AvgIpc) is 3.57. The first-order chi connectivity index (χ1) is 13.8. The zero-order chi connectivity index (χ0) is 20.9. The number of nitrogens with one attached hydrogen (secondary N) is 1.